The van der Waals surface area contributed by atoms with Crippen LogP contribution >= 0.6 is 0 Å². The van der Waals surface area contributed by atoms with Crippen LogP contribution in [0.4, 0.5) is 46.3 Å². The maximum absolute atomic E-state index is 13.1. The first-order chi connectivity index (χ1) is 27.0. The summed E-state index contributed by atoms with van der Waals surface area (Å²) in [7, 11) is -7.53. The number of hydrogen-bond donors (Lipinski definition) is 6. The van der Waals surface area contributed by atoms with Crippen LogP contribution < -0.4 is 30.7 Å². The van der Waals surface area contributed by atoms with Crippen molar-refractivity contribution in [3.8, 4) is 0 Å². The van der Waals surface area contributed by atoms with Crippen molar-refractivity contribution in [2.75, 3.05) is 34.4 Å². The fraction of sp³-hybridized carbons (Fsp3) is 0.200. The second kappa shape index (κ2) is 18.6. The molecule has 290 valence electrons. The zero-order chi connectivity index (χ0) is 39.4. The van der Waals surface area contributed by atoms with Crippen molar-refractivity contribution in [3.05, 3.63) is 133 Å². The van der Waals surface area contributed by atoms with Gasteiger partial charge in [-0.15, -0.1) is 0 Å². The summed E-state index contributed by atoms with van der Waals surface area (Å²) in [6, 6.07) is 32.2. The number of aryl methyl sites for hydroxylation is 2. The Kier molecular flexibility index (Phi) is 13.2. The van der Waals surface area contributed by atoms with Crippen LogP contribution in [0.3, 0.4) is 0 Å². The predicted octanol–water partition coefficient (Wildman–Crippen LogP) is 7.68. The molecule has 2 heterocycles. The molecule has 0 aliphatic rings. The molecule has 0 bridgehead atoms. The molecule has 16 heteroatoms. The number of nitrogens with one attached hydrogen (secondary N) is 6. The Hall–Kier alpha value is -5.94. The van der Waals surface area contributed by atoms with Crippen LogP contribution in [0.5, 0.6) is 0 Å². The normalized spacial score (nSPS) is 11.5. The largest absolute Gasteiger partial charge is 0.340 e. The molecule has 0 saturated heterocycles. The average molecular weight is 793 g/mol. The molecule has 6 N–H and O–H groups in total. The van der Waals surface area contributed by atoms with Gasteiger partial charge in [-0.05, 0) is 87.4 Å². The quantitative estimate of drug-likeness (QED) is 0.0439. The molecule has 6 rings (SSSR count). The third kappa shape index (κ3) is 11.3. The summed E-state index contributed by atoms with van der Waals surface area (Å²) in [6.45, 7) is 4.24. The van der Waals surface area contributed by atoms with Crippen molar-refractivity contribution in [3.63, 3.8) is 0 Å². The molecule has 0 spiro atoms. The number of sulfonamides is 2. The number of hydrogen-bond acceptors (Lipinski definition) is 12. The Bertz CT molecular complexity index is 2280. The summed E-state index contributed by atoms with van der Waals surface area (Å²) in [5, 5.41) is 12.7. The molecular formula is C40H44N10O4S2. The fourth-order valence-electron chi connectivity index (χ4n) is 5.50. The van der Waals surface area contributed by atoms with E-state index in [-0.39, 0.29) is 22.9 Å². The zero-order valence-corrected chi connectivity index (χ0v) is 32.7. The molecule has 0 atom stereocenters. The lowest BCUT2D eigenvalue weighted by molar-refractivity contribution is 0.563. The summed E-state index contributed by atoms with van der Waals surface area (Å²) in [6.07, 6.45) is 6.02. The second-order valence-corrected chi connectivity index (χ2v) is 16.5. The van der Waals surface area contributed by atoms with E-state index < -0.39 is 20.0 Å². The van der Waals surface area contributed by atoms with E-state index >= 15 is 0 Å². The van der Waals surface area contributed by atoms with E-state index in [1.807, 2.05) is 74.5 Å². The number of nitrogens with zero attached hydrogens (tertiary/aromatic N) is 4. The van der Waals surface area contributed by atoms with E-state index in [0.717, 1.165) is 35.3 Å². The van der Waals surface area contributed by atoms with Gasteiger partial charge in [0.2, 0.25) is 31.9 Å². The molecule has 0 radical (unpaired) electrons. The molecule has 0 unspecified atom stereocenters. The van der Waals surface area contributed by atoms with Gasteiger partial charge in [-0.25, -0.2) is 36.2 Å². The molecule has 0 saturated carbocycles. The minimum absolute atomic E-state index is 0.127. The van der Waals surface area contributed by atoms with Crippen LogP contribution in [0.25, 0.3) is 0 Å². The summed E-state index contributed by atoms with van der Waals surface area (Å²) in [4.78, 5) is 18.1. The van der Waals surface area contributed by atoms with E-state index in [1.165, 1.54) is 12.1 Å². The fourth-order valence-corrected chi connectivity index (χ4v) is 7.74. The first-order valence-electron chi connectivity index (χ1n) is 18.1. The van der Waals surface area contributed by atoms with Crippen LogP contribution in [0.2, 0.25) is 0 Å². The summed E-state index contributed by atoms with van der Waals surface area (Å²) in [5.74, 6) is 1.92. The predicted molar refractivity (Wildman–Crippen MR) is 221 cm³/mol. The van der Waals surface area contributed by atoms with Gasteiger partial charge in [0.05, 0.1) is 9.79 Å². The lowest BCUT2D eigenvalue weighted by atomic mass is 10.2. The van der Waals surface area contributed by atoms with Gasteiger partial charge in [0.25, 0.3) is 0 Å². The Morgan fingerprint density at radius 2 is 0.857 bits per heavy atom. The van der Waals surface area contributed by atoms with Crippen LogP contribution in [-0.2, 0) is 20.0 Å². The first kappa shape index (κ1) is 39.7. The van der Waals surface area contributed by atoms with Gasteiger partial charge in [0, 0.05) is 59.4 Å². The highest BCUT2D eigenvalue weighted by Gasteiger charge is 2.16. The highest BCUT2D eigenvalue weighted by molar-refractivity contribution is 7.89. The van der Waals surface area contributed by atoms with Gasteiger partial charge >= 0.3 is 0 Å². The van der Waals surface area contributed by atoms with E-state index in [4.69, 9.17) is 0 Å². The Morgan fingerprint density at radius 1 is 0.464 bits per heavy atom. The van der Waals surface area contributed by atoms with Gasteiger partial charge in [-0.1, -0.05) is 61.4 Å². The molecule has 4 aromatic carbocycles. The lowest BCUT2D eigenvalue weighted by Gasteiger charge is -2.13. The average Bonchev–Trinajstić information content (AvgIpc) is 3.19. The molecule has 14 nitrogen and oxygen atoms in total. The number of unbranched alkanes of at least 4 members (excludes halogenated alkanes) is 3. The van der Waals surface area contributed by atoms with Crippen LogP contribution in [0.1, 0.15) is 36.8 Å². The molecule has 2 aromatic heterocycles. The van der Waals surface area contributed by atoms with Crippen LogP contribution in [0.15, 0.2) is 131 Å². The Balaban J connectivity index is 0.930. The van der Waals surface area contributed by atoms with E-state index in [9.17, 15) is 16.8 Å². The van der Waals surface area contributed by atoms with Crippen molar-refractivity contribution in [1.29, 1.82) is 0 Å². The third-order valence-corrected chi connectivity index (χ3v) is 11.4. The van der Waals surface area contributed by atoms with Crippen LogP contribution in [0, 0.1) is 13.8 Å². The van der Waals surface area contributed by atoms with Gasteiger partial charge in [-0.2, -0.15) is 9.97 Å². The van der Waals surface area contributed by atoms with Crippen molar-refractivity contribution >= 4 is 66.3 Å². The first-order valence-corrected chi connectivity index (χ1v) is 21.1. The second-order valence-electron chi connectivity index (χ2n) is 12.9. The van der Waals surface area contributed by atoms with E-state index in [1.54, 1.807) is 48.8 Å². The van der Waals surface area contributed by atoms with E-state index in [2.05, 4.69) is 50.6 Å². The number of para-hydroxylation sites is 2. The molecular weight excluding hydrogens is 749 g/mol. The maximum atomic E-state index is 13.1. The molecule has 56 heavy (non-hydrogen) atoms. The Morgan fingerprint density at radius 3 is 1.27 bits per heavy atom. The van der Waals surface area contributed by atoms with Gasteiger partial charge in [0.1, 0.15) is 11.6 Å². The van der Waals surface area contributed by atoms with Gasteiger partial charge in [0.15, 0.2) is 0 Å². The van der Waals surface area contributed by atoms with Crippen molar-refractivity contribution in [2.45, 2.75) is 49.3 Å². The molecule has 0 amide bonds. The highest BCUT2D eigenvalue weighted by Crippen LogP contribution is 2.25. The highest BCUT2D eigenvalue weighted by atomic mass is 32.2. The monoisotopic (exact) mass is 792 g/mol. The minimum atomic E-state index is -3.76. The number of anilines is 8. The standard InChI is InChI=1S/C40H44N10O4S2/c1-29-27-41-39(47-31-15-7-5-8-16-31)49-37(29)45-33-19-13-21-35(25-33)55(51,52)43-23-11-3-4-12-24-44-56(53,54)36-22-14-20-34(26-36)46-38-30(2)28-42-40(50-38)48-32-17-9-6-10-18-32/h5-10,13-22,25-28,43-44H,3-4,11-12,23-24H2,1-2H3,(H2,41,45,47,49)(H2,42,46,48,50). The zero-order valence-electron chi connectivity index (χ0n) is 31.0. The van der Waals surface area contributed by atoms with Crippen LogP contribution in [-0.4, -0.2) is 49.9 Å². The molecule has 6 aromatic rings. The third-order valence-electron chi connectivity index (χ3n) is 8.51. The van der Waals surface area contributed by atoms with Crippen molar-refractivity contribution in [1.82, 2.24) is 29.4 Å². The minimum Gasteiger partial charge on any atom is -0.340 e. The van der Waals surface area contributed by atoms with Crippen molar-refractivity contribution in [2.24, 2.45) is 0 Å². The molecule has 0 fully saturated rings. The summed E-state index contributed by atoms with van der Waals surface area (Å²) < 4.78 is 57.7. The Labute approximate surface area is 327 Å². The van der Waals surface area contributed by atoms with Crippen molar-refractivity contribution < 1.29 is 16.8 Å². The summed E-state index contributed by atoms with van der Waals surface area (Å²) in [5.41, 5.74) is 4.42. The number of aromatic nitrogens is 4. The number of rotatable bonds is 19. The van der Waals surface area contributed by atoms with Gasteiger partial charge < -0.3 is 21.3 Å². The lowest BCUT2D eigenvalue weighted by Crippen LogP contribution is -2.25. The molecule has 0 aliphatic heterocycles. The van der Waals surface area contributed by atoms with Gasteiger partial charge in [-0.3, -0.25) is 0 Å². The maximum Gasteiger partial charge on any atom is 0.240 e. The SMILES string of the molecule is Cc1cnc(Nc2ccccc2)nc1Nc1cccc(S(=O)(=O)NCCCCCCNS(=O)(=O)c2cccc(Nc3nc(Nc4ccccc4)ncc3C)c2)c1. The topological polar surface area (TPSA) is 192 Å². The summed E-state index contributed by atoms with van der Waals surface area (Å²) >= 11 is 0. The van der Waals surface area contributed by atoms with E-state index in [0.29, 0.717) is 47.7 Å². The number of benzene rings is 4. The molecule has 0 aliphatic carbocycles. The smallest absolute Gasteiger partial charge is 0.240 e.